The van der Waals surface area contributed by atoms with Crippen LogP contribution in [-0.2, 0) is 11.2 Å². The van der Waals surface area contributed by atoms with Gasteiger partial charge in [0.2, 0.25) is 0 Å². The Balaban J connectivity index is 2.33. The minimum atomic E-state index is -1.01. The van der Waals surface area contributed by atoms with Crippen molar-refractivity contribution in [3.63, 3.8) is 0 Å². The lowest BCUT2D eigenvalue weighted by Crippen LogP contribution is -2.29. The zero-order valence-electron chi connectivity index (χ0n) is 11.4. The summed E-state index contributed by atoms with van der Waals surface area (Å²) >= 11 is 0. The van der Waals surface area contributed by atoms with Crippen LogP contribution in [0.4, 0.5) is 0 Å². The van der Waals surface area contributed by atoms with Crippen LogP contribution in [-0.4, -0.2) is 20.9 Å². The average Bonchev–Trinajstić information content (AvgIpc) is 2.51. The van der Waals surface area contributed by atoms with E-state index in [4.69, 9.17) is 5.11 Å². The maximum atomic E-state index is 12.6. The van der Waals surface area contributed by atoms with Gasteiger partial charge >= 0.3 is 5.97 Å². The molecule has 1 heterocycles. The summed E-state index contributed by atoms with van der Waals surface area (Å²) in [6.45, 7) is 0. The third-order valence-electron chi connectivity index (χ3n) is 3.39. The Morgan fingerprint density at radius 1 is 1.00 bits per heavy atom. The monoisotopic (exact) mass is 296 g/mol. The third-order valence-corrected chi connectivity index (χ3v) is 3.39. The number of aliphatic carboxylic acids is 1. The number of carbonyl (C=O) groups is 1. The summed E-state index contributed by atoms with van der Waals surface area (Å²) in [5, 5.41) is 12.1. The molecule has 6 heteroatoms. The molecule has 3 rings (SSSR count). The first-order valence-electron chi connectivity index (χ1n) is 6.62. The van der Waals surface area contributed by atoms with E-state index >= 15 is 0 Å². The van der Waals surface area contributed by atoms with Gasteiger partial charge < -0.3 is 5.11 Å². The van der Waals surface area contributed by atoms with E-state index in [1.54, 1.807) is 48.5 Å². The van der Waals surface area contributed by atoms with Gasteiger partial charge in [0, 0.05) is 0 Å². The van der Waals surface area contributed by atoms with Gasteiger partial charge in [0.25, 0.3) is 11.1 Å². The molecule has 22 heavy (non-hydrogen) atoms. The van der Waals surface area contributed by atoms with E-state index in [-0.39, 0.29) is 11.8 Å². The van der Waals surface area contributed by atoms with Crippen LogP contribution >= 0.6 is 0 Å². The fourth-order valence-electron chi connectivity index (χ4n) is 2.41. The lowest BCUT2D eigenvalue weighted by molar-refractivity contribution is -0.136. The van der Waals surface area contributed by atoms with Crippen molar-refractivity contribution in [2.75, 3.05) is 0 Å². The maximum absolute atomic E-state index is 12.6. The molecule has 0 aliphatic rings. The Morgan fingerprint density at radius 2 is 1.64 bits per heavy atom. The van der Waals surface area contributed by atoms with Gasteiger partial charge in [0.05, 0.1) is 22.9 Å². The summed E-state index contributed by atoms with van der Waals surface area (Å²) in [5.41, 5.74) is 0.00847. The van der Waals surface area contributed by atoms with Gasteiger partial charge in [0.1, 0.15) is 0 Å². The molecule has 6 nitrogen and oxygen atoms in total. The summed E-state index contributed by atoms with van der Waals surface area (Å²) in [7, 11) is 0. The zero-order chi connectivity index (χ0) is 15.7. The van der Waals surface area contributed by atoms with Crippen LogP contribution in [0.5, 0.6) is 0 Å². The second kappa shape index (κ2) is 5.33. The molecule has 0 atom stereocenters. The molecule has 0 amide bonds. The quantitative estimate of drug-likeness (QED) is 0.762. The smallest absolute Gasteiger partial charge is 0.307 e. The number of para-hydroxylation sites is 1. The van der Waals surface area contributed by atoms with E-state index in [0.29, 0.717) is 16.6 Å². The van der Waals surface area contributed by atoms with Gasteiger partial charge in [-0.25, -0.2) is 4.68 Å². The van der Waals surface area contributed by atoms with Crippen molar-refractivity contribution in [1.82, 2.24) is 9.78 Å². The Kier molecular flexibility index (Phi) is 3.34. The average molecular weight is 296 g/mol. The molecule has 0 unspecified atom stereocenters. The Hall–Kier alpha value is -3.15. The van der Waals surface area contributed by atoms with E-state index in [1.165, 1.54) is 0 Å². The summed E-state index contributed by atoms with van der Waals surface area (Å²) in [6.07, 6.45) is -0.239. The van der Waals surface area contributed by atoms with Crippen molar-refractivity contribution in [1.29, 1.82) is 0 Å². The molecule has 0 fully saturated rings. The van der Waals surface area contributed by atoms with Crippen molar-refractivity contribution >= 4 is 16.7 Å². The Morgan fingerprint density at radius 3 is 2.36 bits per heavy atom. The molecular weight excluding hydrogens is 284 g/mol. The van der Waals surface area contributed by atoms with Crippen LogP contribution in [0.1, 0.15) is 5.56 Å². The third kappa shape index (κ3) is 2.31. The molecule has 1 aromatic heterocycles. The molecule has 0 spiro atoms. The van der Waals surface area contributed by atoms with Gasteiger partial charge in [-0.2, -0.15) is 0 Å². The number of H-pyrrole nitrogens is 1. The first-order chi connectivity index (χ1) is 10.6. The van der Waals surface area contributed by atoms with E-state index < -0.39 is 17.1 Å². The maximum Gasteiger partial charge on any atom is 0.307 e. The number of carboxylic acid groups (broad SMARTS) is 1. The number of aromatic amines is 1. The molecule has 0 aliphatic heterocycles. The number of hydrogen-bond acceptors (Lipinski definition) is 3. The highest BCUT2D eigenvalue weighted by Gasteiger charge is 2.12. The molecule has 3 aromatic rings. The van der Waals surface area contributed by atoms with Crippen LogP contribution in [0.2, 0.25) is 0 Å². The zero-order valence-corrected chi connectivity index (χ0v) is 11.4. The van der Waals surface area contributed by atoms with Crippen LogP contribution in [0.3, 0.4) is 0 Å². The summed E-state index contributed by atoms with van der Waals surface area (Å²) in [5.74, 6) is -1.01. The summed E-state index contributed by atoms with van der Waals surface area (Å²) < 4.78 is 1.10. The van der Waals surface area contributed by atoms with Gasteiger partial charge in [-0.3, -0.25) is 19.5 Å². The highest BCUT2D eigenvalue weighted by molar-refractivity contribution is 5.80. The standard InChI is InChI=1S/C16H12N2O4/c19-14(20)9-10-5-1-4-8-13(10)18-16(22)12-7-3-2-6-11(12)15(21)17-18/h1-8H,9H2,(H,17,21)(H,19,20). The minimum absolute atomic E-state index is 0.239. The van der Waals surface area contributed by atoms with Crippen LogP contribution in [0.15, 0.2) is 58.1 Å². The molecule has 2 N–H and O–H groups in total. The van der Waals surface area contributed by atoms with Crippen molar-refractivity contribution in [2.24, 2.45) is 0 Å². The van der Waals surface area contributed by atoms with E-state index in [9.17, 15) is 14.4 Å². The number of carboxylic acids is 1. The van der Waals surface area contributed by atoms with Crippen LogP contribution in [0, 0.1) is 0 Å². The summed E-state index contributed by atoms with van der Waals surface area (Å²) in [6, 6.07) is 13.1. The Labute approximate surface area is 124 Å². The number of benzene rings is 2. The lowest BCUT2D eigenvalue weighted by atomic mass is 10.1. The number of hydrogen-bond donors (Lipinski definition) is 2. The fourth-order valence-corrected chi connectivity index (χ4v) is 2.41. The second-order valence-electron chi connectivity index (χ2n) is 4.83. The largest absolute Gasteiger partial charge is 0.481 e. The van der Waals surface area contributed by atoms with E-state index in [1.807, 2.05) is 0 Å². The summed E-state index contributed by atoms with van der Waals surface area (Å²) in [4.78, 5) is 35.6. The van der Waals surface area contributed by atoms with Gasteiger partial charge in [-0.15, -0.1) is 0 Å². The minimum Gasteiger partial charge on any atom is -0.481 e. The predicted octanol–water partition coefficient (Wildman–Crippen LogP) is 1.31. The first kappa shape index (κ1) is 13.8. The molecule has 0 radical (unpaired) electrons. The topological polar surface area (TPSA) is 92.2 Å². The molecular formula is C16H12N2O4. The van der Waals surface area contributed by atoms with Crippen LogP contribution in [0.25, 0.3) is 16.5 Å². The fraction of sp³-hybridized carbons (Fsp3) is 0.0625. The van der Waals surface area contributed by atoms with Crippen molar-refractivity contribution < 1.29 is 9.90 Å². The van der Waals surface area contributed by atoms with Crippen molar-refractivity contribution in [2.45, 2.75) is 6.42 Å². The predicted molar refractivity (Wildman–Crippen MR) is 81.5 cm³/mol. The Bertz CT molecular complexity index is 985. The molecule has 0 bridgehead atoms. The number of nitrogens with one attached hydrogen (secondary N) is 1. The van der Waals surface area contributed by atoms with Gasteiger partial charge in [-0.1, -0.05) is 30.3 Å². The first-order valence-corrected chi connectivity index (χ1v) is 6.62. The second-order valence-corrected chi connectivity index (χ2v) is 4.83. The molecule has 2 aromatic carbocycles. The number of rotatable bonds is 3. The molecule has 110 valence electrons. The van der Waals surface area contributed by atoms with Crippen molar-refractivity contribution in [3.8, 4) is 5.69 Å². The molecule has 0 aliphatic carbocycles. The van der Waals surface area contributed by atoms with Gasteiger partial charge in [0.15, 0.2) is 0 Å². The van der Waals surface area contributed by atoms with Crippen molar-refractivity contribution in [3.05, 3.63) is 74.8 Å². The van der Waals surface area contributed by atoms with E-state index in [0.717, 1.165) is 4.68 Å². The number of fused-ring (bicyclic) bond motifs is 1. The lowest BCUT2D eigenvalue weighted by Gasteiger charge is -2.11. The normalized spacial score (nSPS) is 10.7. The number of nitrogens with zero attached hydrogens (tertiary/aromatic N) is 1. The number of aromatic nitrogens is 2. The molecule has 0 saturated carbocycles. The van der Waals surface area contributed by atoms with Crippen LogP contribution < -0.4 is 11.1 Å². The highest BCUT2D eigenvalue weighted by atomic mass is 16.4. The van der Waals surface area contributed by atoms with E-state index in [2.05, 4.69) is 5.10 Å². The SMILES string of the molecule is O=C(O)Cc1ccccc1-n1[nH]c(=O)c2ccccc2c1=O. The molecule has 0 saturated heterocycles. The highest BCUT2D eigenvalue weighted by Crippen LogP contribution is 2.13. The van der Waals surface area contributed by atoms with Gasteiger partial charge in [-0.05, 0) is 23.8 Å².